The van der Waals surface area contributed by atoms with Gasteiger partial charge in [0.2, 0.25) is 12.3 Å². The van der Waals surface area contributed by atoms with Gasteiger partial charge >= 0.3 is 0 Å². The predicted octanol–water partition coefficient (Wildman–Crippen LogP) is -0.139. The lowest BCUT2D eigenvalue weighted by Crippen LogP contribution is -2.52. The summed E-state index contributed by atoms with van der Waals surface area (Å²) in [6.45, 7) is 7.17. The molecule has 72 valence electrons. The Morgan fingerprint density at radius 3 is 2.69 bits per heavy atom. The van der Waals surface area contributed by atoms with Crippen LogP contribution in [0.3, 0.4) is 0 Å². The smallest absolute Gasteiger partial charge is 0.246 e. The zero-order valence-corrected chi connectivity index (χ0v) is 7.77. The Morgan fingerprint density at radius 1 is 1.54 bits per heavy atom. The summed E-state index contributed by atoms with van der Waals surface area (Å²) in [6.07, 6.45) is 2.14. The number of rotatable bonds is 2. The van der Waals surface area contributed by atoms with E-state index >= 15 is 0 Å². The molecule has 4 heteroatoms. The minimum Gasteiger partial charge on any atom is -0.339 e. The summed E-state index contributed by atoms with van der Waals surface area (Å²) in [6, 6.07) is 0.107. The van der Waals surface area contributed by atoms with E-state index in [-0.39, 0.29) is 11.9 Å². The first kappa shape index (κ1) is 9.77. The van der Waals surface area contributed by atoms with Crippen molar-refractivity contribution in [3.05, 3.63) is 12.7 Å². The lowest BCUT2D eigenvalue weighted by atomic mass is 10.2. The van der Waals surface area contributed by atoms with Crippen LogP contribution >= 0.6 is 0 Å². The second kappa shape index (κ2) is 4.07. The summed E-state index contributed by atoms with van der Waals surface area (Å²) in [4.78, 5) is 25.1. The van der Waals surface area contributed by atoms with Gasteiger partial charge < -0.3 is 9.80 Å². The molecule has 0 radical (unpaired) electrons. The van der Waals surface area contributed by atoms with Crippen LogP contribution in [0.4, 0.5) is 0 Å². The van der Waals surface area contributed by atoms with Gasteiger partial charge in [-0.25, -0.2) is 0 Å². The molecule has 1 aliphatic rings. The molecule has 1 fully saturated rings. The monoisotopic (exact) mass is 182 g/mol. The van der Waals surface area contributed by atoms with Crippen LogP contribution in [-0.4, -0.2) is 47.8 Å². The molecule has 13 heavy (non-hydrogen) atoms. The standard InChI is InChI=1S/C9H14N2O2/c1-3-9(13)10-4-5-11(7-12)8(2)6-10/h3,7-8H,1,4-6H2,2H3. The number of hydrogen-bond donors (Lipinski definition) is 0. The van der Waals surface area contributed by atoms with Crippen LogP contribution in [0.15, 0.2) is 12.7 Å². The summed E-state index contributed by atoms with van der Waals surface area (Å²) in [5.74, 6) is -0.0580. The number of carbonyl (C=O) groups is 2. The Bertz CT molecular complexity index is 228. The Balaban J connectivity index is 2.54. The predicted molar refractivity (Wildman–Crippen MR) is 49.0 cm³/mol. The number of nitrogens with zero attached hydrogens (tertiary/aromatic N) is 2. The molecule has 1 rings (SSSR count). The van der Waals surface area contributed by atoms with Crippen molar-refractivity contribution in [1.82, 2.24) is 9.80 Å². The first-order valence-corrected chi connectivity index (χ1v) is 4.31. The molecule has 0 saturated carbocycles. The van der Waals surface area contributed by atoms with Crippen LogP contribution in [0.5, 0.6) is 0 Å². The van der Waals surface area contributed by atoms with E-state index in [4.69, 9.17) is 0 Å². The molecule has 1 aliphatic heterocycles. The van der Waals surface area contributed by atoms with Gasteiger partial charge in [0.05, 0.1) is 0 Å². The van der Waals surface area contributed by atoms with Crippen molar-refractivity contribution in [3.8, 4) is 0 Å². The third-order valence-electron chi connectivity index (χ3n) is 2.30. The van der Waals surface area contributed by atoms with Crippen molar-refractivity contribution >= 4 is 12.3 Å². The van der Waals surface area contributed by atoms with E-state index < -0.39 is 0 Å². The van der Waals surface area contributed by atoms with Crippen molar-refractivity contribution in [3.63, 3.8) is 0 Å². The van der Waals surface area contributed by atoms with Gasteiger partial charge in [0, 0.05) is 25.7 Å². The third kappa shape index (κ3) is 2.08. The van der Waals surface area contributed by atoms with E-state index in [0.29, 0.717) is 19.6 Å². The molecule has 1 atom stereocenters. The van der Waals surface area contributed by atoms with Gasteiger partial charge in [0.25, 0.3) is 0 Å². The Labute approximate surface area is 77.8 Å². The molecule has 0 aromatic rings. The average Bonchev–Trinajstić information content (AvgIpc) is 2.16. The molecule has 0 N–H and O–H groups in total. The van der Waals surface area contributed by atoms with Crippen molar-refractivity contribution < 1.29 is 9.59 Å². The van der Waals surface area contributed by atoms with Gasteiger partial charge in [-0.3, -0.25) is 9.59 Å². The normalized spacial score (nSPS) is 22.7. The van der Waals surface area contributed by atoms with E-state index in [0.717, 1.165) is 6.41 Å². The number of carbonyl (C=O) groups excluding carboxylic acids is 2. The second-order valence-corrected chi connectivity index (χ2v) is 3.18. The van der Waals surface area contributed by atoms with Crippen LogP contribution < -0.4 is 0 Å². The fourth-order valence-electron chi connectivity index (χ4n) is 1.46. The van der Waals surface area contributed by atoms with Crippen LogP contribution in [0.1, 0.15) is 6.92 Å². The SMILES string of the molecule is C=CC(=O)N1CCN(C=O)C(C)C1. The molecule has 2 amide bonds. The number of hydrogen-bond acceptors (Lipinski definition) is 2. The lowest BCUT2D eigenvalue weighted by Gasteiger charge is -2.37. The fraction of sp³-hybridized carbons (Fsp3) is 0.556. The molecule has 1 heterocycles. The van der Waals surface area contributed by atoms with E-state index in [1.165, 1.54) is 6.08 Å². The van der Waals surface area contributed by atoms with Crippen LogP contribution in [0.2, 0.25) is 0 Å². The molecule has 4 nitrogen and oxygen atoms in total. The first-order chi connectivity index (χ1) is 6.19. The van der Waals surface area contributed by atoms with Gasteiger partial charge in [-0.1, -0.05) is 6.58 Å². The Morgan fingerprint density at radius 2 is 2.23 bits per heavy atom. The maximum absolute atomic E-state index is 11.2. The maximum atomic E-state index is 11.2. The van der Waals surface area contributed by atoms with Crippen LogP contribution in [0.25, 0.3) is 0 Å². The highest BCUT2D eigenvalue weighted by molar-refractivity contribution is 5.87. The molecule has 0 spiro atoms. The molecule has 0 aromatic heterocycles. The molecule has 0 aliphatic carbocycles. The summed E-state index contributed by atoms with van der Waals surface area (Å²) in [5.41, 5.74) is 0. The Hall–Kier alpha value is -1.32. The maximum Gasteiger partial charge on any atom is 0.246 e. The first-order valence-electron chi connectivity index (χ1n) is 4.31. The molecular weight excluding hydrogens is 168 g/mol. The topological polar surface area (TPSA) is 40.6 Å². The summed E-state index contributed by atoms with van der Waals surface area (Å²) < 4.78 is 0. The van der Waals surface area contributed by atoms with Gasteiger partial charge in [-0.15, -0.1) is 0 Å². The van der Waals surface area contributed by atoms with E-state index in [9.17, 15) is 9.59 Å². The van der Waals surface area contributed by atoms with Gasteiger partial charge in [0.15, 0.2) is 0 Å². The highest BCUT2D eigenvalue weighted by atomic mass is 16.2. The molecular formula is C9H14N2O2. The Kier molecular flexibility index (Phi) is 3.06. The number of piperazine rings is 1. The zero-order valence-electron chi connectivity index (χ0n) is 7.77. The largest absolute Gasteiger partial charge is 0.339 e. The summed E-state index contributed by atoms with van der Waals surface area (Å²) in [7, 11) is 0. The van der Waals surface area contributed by atoms with E-state index in [1.807, 2.05) is 6.92 Å². The van der Waals surface area contributed by atoms with Crippen molar-refractivity contribution in [2.45, 2.75) is 13.0 Å². The minimum absolute atomic E-state index is 0.0580. The van der Waals surface area contributed by atoms with Gasteiger partial charge in [-0.2, -0.15) is 0 Å². The molecule has 1 unspecified atom stereocenters. The van der Waals surface area contributed by atoms with Crippen molar-refractivity contribution in [1.29, 1.82) is 0 Å². The van der Waals surface area contributed by atoms with Crippen LogP contribution in [0, 0.1) is 0 Å². The van der Waals surface area contributed by atoms with Gasteiger partial charge in [0.1, 0.15) is 0 Å². The van der Waals surface area contributed by atoms with Gasteiger partial charge in [-0.05, 0) is 13.0 Å². The minimum atomic E-state index is -0.0580. The molecule has 0 aromatic carbocycles. The second-order valence-electron chi connectivity index (χ2n) is 3.18. The van der Waals surface area contributed by atoms with E-state index in [1.54, 1.807) is 9.80 Å². The average molecular weight is 182 g/mol. The summed E-state index contributed by atoms with van der Waals surface area (Å²) in [5, 5.41) is 0. The van der Waals surface area contributed by atoms with E-state index in [2.05, 4.69) is 6.58 Å². The molecule has 1 saturated heterocycles. The third-order valence-corrected chi connectivity index (χ3v) is 2.30. The lowest BCUT2D eigenvalue weighted by molar-refractivity contribution is -0.133. The fourth-order valence-corrected chi connectivity index (χ4v) is 1.46. The van der Waals surface area contributed by atoms with Crippen molar-refractivity contribution in [2.24, 2.45) is 0 Å². The summed E-state index contributed by atoms with van der Waals surface area (Å²) >= 11 is 0. The molecule has 0 bridgehead atoms. The highest BCUT2D eigenvalue weighted by Gasteiger charge is 2.23. The van der Waals surface area contributed by atoms with Crippen molar-refractivity contribution in [2.75, 3.05) is 19.6 Å². The highest BCUT2D eigenvalue weighted by Crippen LogP contribution is 2.07. The number of amides is 2. The quantitative estimate of drug-likeness (QED) is 0.440. The zero-order chi connectivity index (χ0) is 9.84. The van der Waals surface area contributed by atoms with Crippen LogP contribution in [-0.2, 0) is 9.59 Å².